The molecule has 124 valence electrons. The van der Waals surface area contributed by atoms with Crippen LogP contribution in [0, 0.1) is 6.92 Å². The van der Waals surface area contributed by atoms with Crippen molar-refractivity contribution in [1.29, 1.82) is 0 Å². The van der Waals surface area contributed by atoms with Gasteiger partial charge in [-0.1, -0.05) is 18.2 Å². The summed E-state index contributed by atoms with van der Waals surface area (Å²) in [6.45, 7) is 3.31. The fourth-order valence-electron chi connectivity index (χ4n) is 3.43. The van der Waals surface area contributed by atoms with Gasteiger partial charge in [0.2, 0.25) is 0 Å². The maximum Gasteiger partial charge on any atom is 0.275 e. The molecule has 0 fully saturated rings. The molecule has 0 bridgehead atoms. The highest BCUT2D eigenvalue weighted by Gasteiger charge is 2.23. The molecule has 2 aromatic heterocycles. The SMILES string of the molecule is Cc1[nH]cnc1CN(C)C(=O)c1nn2c3c(cccc13)CCCC2. The van der Waals surface area contributed by atoms with Gasteiger partial charge < -0.3 is 9.88 Å². The van der Waals surface area contributed by atoms with Gasteiger partial charge in [0.15, 0.2) is 5.69 Å². The Morgan fingerprint density at radius 3 is 3.04 bits per heavy atom. The number of carbonyl (C=O) groups excluding carboxylic acids is 1. The van der Waals surface area contributed by atoms with Crippen LogP contribution in [0.15, 0.2) is 24.5 Å². The summed E-state index contributed by atoms with van der Waals surface area (Å²) in [5.74, 6) is -0.0566. The number of para-hydroxylation sites is 1. The van der Waals surface area contributed by atoms with E-state index in [0.717, 1.165) is 41.7 Å². The van der Waals surface area contributed by atoms with Crippen molar-refractivity contribution in [3.05, 3.63) is 47.2 Å². The van der Waals surface area contributed by atoms with Crippen LogP contribution in [0.3, 0.4) is 0 Å². The molecule has 0 unspecified atom stereocenters. The molecule has 0 saturated heterocycles. The summed E-state index contributed by atoms with van der Waals surface area (Å²) in [6, 6.07) is 6.19. The number of aromatic amines is 1. The normalized spacial score (nSPS) is 13.9. The molecule has 0 atom stereocenters. The van der Waals surface area contributed by atoms with Gasteiger partial charge in [-0.15, -0.1) is 0 Å². The number of imidazole rings is 1. The molecule has 1 aromatic carbocycles. The Labute approximate surface area is 140 Å². The Hall–Kier alpha value is -2.63. The number of hydrogen-bond acceptors (Lipinski definition) is 3. The van der Waals surface area contributed by atoms with E-state index in [0.29, 0.717) is 12.2 Å². The molecule has 3 aromatic rings. The van der Waals surface area contributed by atoms with Crippen LogP contribution in [0.2, 0.25) is 0 Å². The van der Waals surface area contributed by atoms with Crippen molar-refractivity contribution in [1.82, 2.24) is 24.6 Å². The third-order valence-electron chi connectivity index (χ3n) is 4.79. The second-order valence-electron chi connectivity index (χ2n) is 6.48. The Bertz CT molecular complexity index is 907. The lowest BCUT2D eigenvalue weighted by molar-refractivity contribution is 0.0778. The average molecular weight is 323 g/mol. The van der Waals surface area contributed by atoms with Crippen LogP contribution in [0.25, 0.3) is 10.9 Å². The van der Waals surface area contributed by atoms with E-state index in [1.165, 1.54) is 12.0 Å². The molecule has 1 aliphatic heterocycles. The van der Waals surface area contributed by atoms with Crippen molar-refractivity contribution < 1.29 is 4.79 Å². The molecule has 0 radical (unpaired) electrons. The molecule has 24 heavy (non-hydrogen) atoms. The summed E-state index contributed by atoms with van der Waals surface area (Å²) in [6.07, 6.45) is 4.98. The molecular weight excluding hydrogens is 302 g/mol. The smallest absolute Gasteiger partial charge is 0.275 e. The van der Waals surface area contributed by atoms with Crippen LogP contribution in [0.4, 0.5) is 0 Å². The van der Waals surface area contributed by atoms with E-state index >= 15 is 0 Å². The van der Waals surface area contributed by atoms with E-state index in [9.17, 15) is 4.79 Å². The van der Waals surface area contributed by atoms with Crippen molar-refractivity contribution in [2.24, 2.45) is 0 Å². The Kier molecular flexibility index (Phi) is 3.59. The molecule has 1 N–H and O–H groups in total. The average Bonchev–Trinajstić information content (AvgIpc) is 3.08. The summed E-state index contributed by atoms with van der Waals surface area (Å²) in [4.78, 5) is 22.0. The standard InChI is InChI=1S/C18H21N5O/c1-12-15(20-11-19-12)10-22(2)18(24)16-14-8-5-7-13-6-3-4-9-23(21-16)17(13)14/h5,7-8,11H,3-4,6,9-10H2,1-2H3,(H,19,20). The summed E-state index contributed by atoms with van der Waals surface area (Å²) >= 11 is 0. The number of amides is 1. The molecular formula is C18H21N5O. The molecule has 1 amide bonds. The van der Waals surface area contributed by atoms with Crippen LogP contribution >= 0.6 is 0 Å². The lowest BCUT2D eigenvalue weighted by Crippen LogP contribution is -2.27. The monoisotopic (exact) mass is 323 g/mol. The maximum atomic E-state index is 13.0. The van der Waals surface area contributed by atoms with E-state index in [1.807, 2.05) is 23.7 Å². The zero-order valence-electron chi connectivity index (χ0n) is 14.0. The number of aromatic nitrogens is 4. The van der Waals surface area contributed by atoms with Gasteiger partial charge in [-0.05, 0) is 31.7 Å². The van der Waals surface area contributed by atoms with Crippen LogP contribution < -0.4 is 0 Å². The number of H-pyrrole nitrogens is 1. The minimum absolute atomic E-state index is 0.0566. The van der Waals surface area contributed by atoms with Gasteiger partial charge >= 0.3 is 0 Å². The lowest BCUT2D eigenvalue weighted by atomic mass is 10.1. The predicted octanol–water partition coefficient (Wildman–Crippen LogP) is 2.68. The van der Waals surface area contributed by atoms with Crippen LogP contribution in [0.1, 0.15) is 40.3 Å². The van der Waals surface area contributed by atoms with Crippen LogP contribution in [-0.2, 0) is 19.5 Å². The first-order valence-electron chi connectivity index (χ1n) is 8.38. The minimum atomic E-state index is -0.0566. The maximum absolute atomic E-state index is 13.0. The van der Waals surface area contributed by atoms with Gasteiger partial charge in [0.25, 0.3) is 5.91 Å². The van der Waals surface area contributed by atoms with Crippen molar-refractivity contribution in [3.63, 3.8) is 0 Å². The van der Waals surface area contributed by atoms with Crippen molar-refractivity contribution >= 4 is 16.8 Å². The van der Waals surface area contributed by atoms with Gasteiger partial charge in [-0.3, -0.25) is 9.48 Å². The predicted molar refractivity (Wildman–Crippen MR) is 91.8 cm³/mol. The van der Waals surface area contributed by atoms with E-state index in [2.05, 4.69) is 21.1 Å². The molecule has 6 nitrogen and oxygen atoms in total. The van der Waals surface area contributed by atoms with E-state index < -0.39 is 0 Å². The number of nitrogens with one attached hydrogen (secondary N) is 1. The third kappa shape index (κ3) is 2.38. The Balaban J connectivity index is 1.71. The van der Waals surface area contributed by atoms with Crippen LogP contribution in [0.5, 0.6) is 0 Å². The van der Waals surface area contributed by atoms with Gasteiger partial charge in [0.05, 0.1) is 24.1 Å². The zero-order valence-corrected chi connectivity index (χ0v) is 14.0. The highest BCUT2D eigenvalue weighted by atomic mass is 16.2. The highest BCUT2D eigenvalue weighted by Crippen LogP contribution is 2.27. The summed E-state index contributed by atoms with van der Waals surface area (Å²) in [5, 5.41) is 5.61. The van der Waals surface area contributed by atoms with Crippen LogP contribution in [-0.4, -0.2) is 37.6 Å². The van der Waals surface area contributed by atoms with Gasteiger partial charge in [0, 0.05) is 24.7 Å². The fraction of sp³-hybridized carbons (Fsp3) is 0.389. The van der Waals surface area contributed by atoms with E-state index in [4.69, 9.17) is 0 Å². The molecule has 0 aliphatic carbocycles. The number of aryl methyl sites for hydroxylation is 3. The minimum Gasteiger partial charge on any atom is -0.348 e. The largest absolute Gasteiger partial charge is 0.348 e. The molecule has 0 spiro atoms. The van der Waals surface area contributed by atoms with Crippen molar-refractivity contribution in [2.75, 3.05) is 7.05 Å². The summed E-state index contributed by atoms with van der Waals surface area (Å²) < 4.78 is 2.01. The molecule has 3 heterocycles. The number of carbonyl (C=O) groups is 1. The topological polar surface area (TPSA) is 66.8 Å². The molecule has 1 aliphatic rings. The second kappa shape index (κ2) is 5.78. The first-order valence-corrected chi connectivity index (χ1v) is 8.38. The zero-order chi connectivity index (χ0) is 16.7. The Morgan fingerprint density at radius 2 is 2.25 bits per heavy atom. The molecule has 0 saturated carbocycles. The van der Waals surface area contributed by atoms with E-state index in [1.54, 1.807) is 18.3 Å². The van der Waals surface area contributed by atoms with Gasteiger partial charge in [-0.2, -0.15) is 5.10 Å². The van der Waals surface area contributed by atoms with E-state index in [-0.39, 0.29) is 5.91 Å². The third-order valence-corrected chi connectivity index (χ3v) is 4.79. The first kappa shape index (κ1) is 14.9. The Morgan fingerprint density at radius 1 is 1.38 bits per heavy atom. The highest BCUT2D eigenvalue weighted by molar-refractivity contribution is 6.05. The first-order chi connectivity index (χ1) is 11.6. The second-order valence-corrected chi connectivity index (χ2v) is 6.48. The number of hydrogen-bond donors (Lipinski definition) is 1. The summed E-state index contributed by atoms with van der Waals surface area (Å²) in [7, 11) is 1.80. The van der Waals surface area contributed by atoms with Gasteiger partial charge in [0.1, 0.15) is 0 Å². The lowest BCUT2D eigenvalue weighted by Gasteiger charge is -2.15. The number of rotatable bonds is 3. The fourth-order valence-corrected chi connectivity index (χ4v) is 3.43. The quantitative estimate of drug-likeness (QED) is 0.806. The molecule has 6 heteroatoms. The molecule has 4 rings (SSSR count). The number of benzene rings is 1. The van der Waals surface area contributed by atoms with Crippen molar-refractivity contribution in [2.45, 2.75) is 39.3 Å². The van der Waals surface area contributed by atoms with Gasteiger partial charge in [-0.25, -0.2) is 4.98 Å². The number of nitrogens with zero attached hydrogens (tertiary/aromatic N) is 4. The van der Waals surface area contributed by atoms with Crippen molar-refractivity contribution in [3.8, 4) is 0 Å². The summed E-state index contributed by atoms with van der Waals surface area (Å²) in [5.41, 5.74) is 4.84.